The number of nitrogens with zero attached hydrogens (tertiary/aromatic N) is 1. The minimum absolute atomic E-state index is 0.0575. The fourth-order valence-electron chi connectivity index (χ4n) is 5.25. The molecule has 0 aromatic rings. The van der Waals surface area contributed by atoms with Crippen molar-refractivity contribution in [3.63, 3.8) is 0 Å². The van der Waals surface area contributed by atoms with E-state index in [1.54, 1.807) is 5.01 Å². The Balaban J connectivity index is 1.79. The highest BCUT2D eigenvalue weighted by Crippen LogP contribution is 2.47. The second kappa shape index (κ2) is 8.48. The molecule has 0 radical (unpaired) electrons. The lowest BCUT2D eigenvalue weighted by Crippen LogP contribution is -2.48. The monoisotopic (exact) mass is 388 g/mol. The zero-order chi connectivity index (χ0) is 19.6. The van der Waals surface area contributed by atoms with Crippen molar-refractivity contribution in [3.05, 3.63) is 0 Å². The molecule has 152 valence electrons. The van der Waals surface area contributed by atoms with E-state index >= 15 is 0 Å². The highest BCUT2D eigenvalue weighted by atomic mass is 19.4. The highest BCUT2D eigenvalue weighted by Gasteiger charge is 2.52. The van der Waals surface area contributed by atoms with E-state index in [1.165, 1.54) is 0 Å². The van der Waals surface area contributed by atoms with Crippen LogP contribution in [0.2, 0.25) is 0 Å². The fraction of sp³-hybridized carbons (Fsp3) is 0.850. The maximum Gasteiger partial charge on any atom is 0.392 e. The quantitative estimate of drug-likeness (QED) is 0.586. The molecule has 4 unspecified atom stereocenters. The summed E-state index contributed by atoms with van der Waals surface area (Å²) >= 11 is 0. The largest absolute Gasteiger partial charge is 0.392 e. The number of nitrogens with one attached hydrogen (secondary N) is 1. The Hall–Kier alpha value is -1.13. The molecular weight excluding hydrogens is 360 g/mol. The Labute approximate surface area is 158 Å². The van der Waals surface area contributed by atoms with Crippen LogP contribution in [0.1, 0.15) is 51.4 Å². The van der Waals surface area contributed by atoms with Crippen LogP contribution in [0.25, 0.3) is 0 Å². The van der Waals surface area contributed by atoms with Gasteiger partial charge in [0, 0.05) is 18.4 Å². The van der Waals surface area contributed by atoms with Gasteiger partial charge >= 0.3 is 6.18 Å². The molecule has 2 aliphatic carbocycles. The van der Waals surface area contributed by atoms with Crippen molar-refractivity contribution in [1.29, 1.82) is 0 Å². The van der Waals surface area contributed by atoms with Crippen LogP contribution < -0.4 is 5.43 Å². The molecule has 0 aromatic heterocycles. The van der Waals surface area contributed by atoms with Crippen LogP contribution in [-0.4, -0.2) is 42.3 Å². The number of ketones is 1. The molecule has 27 heavy (non-hydrogen) atoms. The van der Waals surface area contributed by atoms with Crippen LogP contribution >= 0.6 is 0 Å². The van der Waals surface area contributed by atoms with E-state index in [4.69, 9.17) is 6.42 Å². The van der Waals surface area contributed by atoms with Gasteiger partial charge in [-0.1, -0.05) is 18.8 Å². The van der Waals surface area contributed by atoms with Crippen LogP contribution in [0.4, 0.5) is 17.6 Å². The van der Waals surface area contributed by atoms with Crippen LogP contribution in [0.15, 0.2) is 0 Å². The highest BCUT2D eigenvalue weighted by molar-refractivity contribution is 5.87. The van der Waals surface area contributed by atoms with Crippen LogP contribution in [-0.2, 0) is 4.79 Å². The summed E-state index contributed by atoms with van der Waals surface area (Å²) in [6.07, 6.45) is 3.89. The number of hydrogen-bond donors (Lipinski definition) is 1. The van der Waals surface area contributed by atoms with E-state index in [-0.39, 0.29) is 24.7 Å². The minimum atomic E-state index is -4.25. The van der Waals surface area contributed by atoms with Gasteiger partial charge in [0.15, 0.2) is 5.78 Å². The Kier molecular flexibility index (Phi) is 6.47. The number of terminal acetylenes is 1. The number of Topliss-reactive ketones (excluding diaryl/α,β-unsaturated/α-hetero) is 1. The first-order valence-electron chi connectivity index (χ1n) is 10.0. The molecule has 0 bridgehead atoms. The SMILES string of the molecule is C#CCN1CC(C2CCCCC2C(F)(F)F)C(C(=O)C2CCC(F)CC2)N1. The molecule has 0 spiro atoms. The van der Waals surface area contributed by atoms with Gasteiger partial charge < -0.3 is 0 Å². The Bertz CT molecular complexity index is 565. The summed E-state index contributed by atoms with van der Waals surface area (Å²) in [6.45, 7) is 0.608. The second-order valence-electron chi connectivity index (χ2n) is 8.30. The van der Waals surface area contributed by atoms with Gasteiger partial charge in [0.25, 0.3) is 0 Å². The second-order valence-corrected chi connectivity index (χ2v) is 8.30. The summed E-state index contributed by atoms with van der Waals surface area (Å²) in [4.78, 5) is 13.1. The predicted octanol–water partition coefficient (Wildman–Crippen LogP) is 3.89. The van der Waals surface area contributed by atoms with E-state index in [2.05, 4.69) is 11.3 Å². The summed E-state index contributed by atoms with van der Waals surface area (Å²) in [7, 11) is 0. The first-order chi connectivity index (χ1) is 12.8. The van der Waals surface area contributed by atoms with Crippen LogP contribution in [0, 0.1) is 36.0 Å². The fourth-order valence-corrected chi connectivity index (χ4v) is 5.25. The van der Waals surface area contributed by atoms with Crippen molar-refractivity contribution in [2.75, 3.05) is 13.1 Å². The average molecular weight is 388 g/mol. The summed E-state index contributed by atoms with van der Waals surface area (Å²) in [5, 5.41) is 1.70. The number of hydrogen-bond acceptors (Lipinski definition) is 3. The van der Waals surface area contributed by atoms with Gasteiger partial charge in [0.05, 0.1) is 18.5 Å². The van der Waals surface area contributed by atoms with Crippen molar-refractivity contribution in [2.45, 2.75) is 69.8 Å². The normalized spacial score (nSPS) is 38.5. The summed E-state index contributed by atoms with van der Waals surface area (Å²) in [5.41, 5.74) is 3.10. The molecule has 4 atom stereocenters. The number of alkyl halides is 4. The number of carbonyl (C=O) groups excluding carboxylic acids is 1. The van der Waals surface area contributed by atoms with E-state index in [9.17, 15) is 22.4 Å². The van der Waals surface area contributed by atoms with Gasteiger partial charge in [-0.25, -0.2) is 14.8 Å². The van der Waals surface area contributed by atoms with Crippen molar-refractivity contribution >= 4 is 5.78 Å². The maximum atomic E-state index is 13.6. The Morgan fingerprint density at radius 1 is 1.07 bits per heavy atom. The molecule has 1 N–H and O–H groups in total. The Morgan fingerprint density at radius 2 is 1.74 bits per heavy atom. The topological polar surface area (TPSA) is 32.3 Å². The average Bonchev–Trinajstić information content (AvgIpc) is 3.05. The number of halogens is 4. The molecule has 3 aliphatic rings. The van der Waals surface area contributed by atoms with Gasteiger partial charge in [0.1, 0.15) is 6.17 Å². The van der Waals surface area contributed by atoms with Gasteiger partial charge in [0.2, 0.25) is 0 Å². The summed E-state index contributed by atoms with van der Waals surface area (Å²) in [5.74, 6) is -0.157. The van der Waals surface area contributed by atoms with E-state index in [0.29, 0.717) is 45.1 Å². The summed E-state index contributed by atoms with van der Waals surface area (Å²) in [6, 6.07) is -0.646. The van der Waals surface area contributed by atoms with Crippen molar-refractivity contribution in [2.24, 2.45) is 23.7 Å². The molecule has 1 saturated heterocycles. The van der Waals surface area contributed by atoms with Crippen LogP contribution in [0.3, 0.4) is 0 Å². The van der Waals surface area contributed by atoms with Gasteiger partial charge in [-0.05, 0) is 44.4 Å². The summed E-state index contributed by atoms with van der Waals surface area (Å²) < 4.78 is 54.3. The number of hydrazine groups is 1. The third kappa shape index (κ3) is 4.65. The Morgan fingerprint density at radius 3 is 2.37 bits per heavy atom. The smallest absolute Gasteiger partial charge is 0.298 e. The number of rotatable bonds is 4. The first-order valence-corrected chi connectivity index (χ1v) is 10.0. The molecule has 2 saturated carbocycles. The first kappa shape index (κ1) is 20.6. The van der Waals surface area contributed by atoms with E-state index < -0.39 is 36.1 Å². The standard InChI is InChI=1S/C20H28F4N2O/c1-2-11-26-12-16(15-5-3-4-6-17(15)20(22,23)24)18(25-26)19(27)13-7-9-14(21)10-8-13/h1,13-18,25H,3-12H2. The minimum Gasteiger partial charge on any atom is -0.298 e. The van der Waals surface area contributed by atoms with E-state index in [0.717, 1.165) is 6.42 Å². The molecule has 3 fully saturated rings. The van der Waals surface area contributed by atoms with Crippen molar-refractivity contribution in [3.8, 4) is 12.3 Å². The molecule has 1 heterocycles. The van der Waals surface area contributed by atoms with Gasteiger partial charge in [-0.3, -0.25) is 4.79 Å². The lowest BCUT2D eigenvalue weighted by atomic mass is 9.68. The van der Waals surface area contributed by atoms with Crippen LogP contribution in [0.5, 0.6) is 0 Å². The maximum absolute atomic E-state index is 13.6. The third-order valence-electron chi connectivity index (χ3n) is 6.62. The molecular formula is C20H28F4N2O. The predicted molar refractivity (Wildman–Crippen MR) is 94.2 cm³/mol. The third-order valence-corrected chi connectivity index (χ3v) is 6.62. The molecule has 0 amide bonds. The van der Waals surface area contributed by atoms with E-state index in [1.807, 2.05) is 0 Å². The van der Waals surface area contributed by atoms with Crippen molar-refractivity contribution in [1.82, 2.24) is 10.4 Å². The lowest BCUT2D eigenvalue weighted by molar-refractivity contribution is -0.202. The molecule has 3 rings (SSSR count). The zero-order valence-electron chi connectivity index (χ0n) is 15.5. The van der Waals surface area contributed by atoms with Crippen molar-refractivity contribution < 1.29 is 22.4 Å². The molecule has 1 aliphatic heterocycles. The lowest BCUT2D eigenvalue weighted by Gasteiger charge is -2.38. The van der Waals surface area contributed by atoms with Gasteiger partial charge in [-0.2, -0.15) is 13.2 Å². The molecule has 7 heteroatoms. The zero-order valence-corrected chi connectivity index (χ0v) is 15.5. The van der Waals surface area contributed by atoms with Gasteiger partial charge in [-0.15, -0.1) is 6.42 Å². The number of carbonyl (C=O) groups is 1. The molecule has 3 nitrogen and oxygen atoms in total. The molecule has 0 aromatic carbocycles.